The van der Waals surface area contributed by atoms with Crippen molar-refractivity contribution in [3.05, 3.63) is 52.6 Å². The van der Waals surface area contributed by atoms with Crippen molar-refractivity contribution in [1.82, 2.24) is 15.2 Å². The number of hydrogen-bond acceptors (Lipinski definition) is 3. The molecule has 1 unspecified atom stereocenters. The molecular formula is C14H19FN4. The van der Waals surface area contributed by atoms with E-state index < -0.39 is 6.04 Å². The van der Waals surface area contributed by atoms with E-state index in [-0.39, 0.29) is 5.82 Å². The molecule has 3 N–H and O–H groups in total. The molecule has 0 radical (unpaired) electrons. The Labute approximate surface area is 112 Å². The second kappa shape index (κ2) is 5.50. The zero-order chi connectivity index (χ0) is 14.0. The maximum atomic E-state index is 14.0. The quantitative estimate of drug-likeness (QED) is 0.654. The van der Waals surface area contributed by atoms with E-state index in [4.69, 9.17) is 5.84 Å². The molecule has 5 heteroatoms. The number of benzene rings is 1. The van der Waals surface area contributed by atoms with E-state index >= 15 is 0 Å². The van der Waals surface area contributed by atoms with Gasteiger partial charge in [0.15, 0.2) is 0 Å². The average Bonchev–Trinajstić information content (AvgIpc) is 2.76. The van der Waals surface area contributed by atoms with Gasteiger partial charge in [0.2, 0.25) is 0 Å². The number of aromatic nitrogens is 2. The number of hydrazine groups is 1. The van der Waals surface area contributed by atoms with Gasteiger partial charge in [-0.15, -0.1) is 0 Å². The molecule has 1 atom stereocenters. The Morgan fingerprint density at radius 2 is 2.16 bits per heavy atom. The highest BCUT2D eigenvalue weighted by Crippen LogP contribution is 2.25. The van der Waals surface area contributed by atoms with Crippen LogP contribution in [0.15, 0.2) is 24.3 Å². The normalized spacial score (nSPS) is 12.7. The first-order valence-electron chi connectivity index (χ1n) is 6.31. The minimum absolute atomic E-state index is 0.271. The third-order valence-electron chi connectivity index (χ3n) is 3.25. The Kier molecular flexibility index (Phi) is 3.97. The fourth-order valence-corrected chi connectivity index (χ4v) is 2.21. The molecule has 1 heterocycles. The third-order valence-corrected chi connectivity index (χ3v) is 3.25. The summed E-state index contributed by atoms with van der Waals surface area (Å²) in [7, 11) is 1.84. The van der Waals surface area contributed by atoms with Crippen molar-refractivity contribution in [1.29, 1.82) is 0 Å². The lowest BCUT2D eigenvalue weighted by Gasteiger charge is -2.17. The lowest BCUT2D eigenvalue weighted by atomic mass is 10.0. The maximum Gasteiger partial charge on any atom is 0.128 e. The summed E-state index contributed by atoms with van der Waals surface area (Å²) in [6, 6.07) is 6.56. The standard InChI is InChI=1S/C14H19FN4/c1-4-10-8-13(19(3)18-10)14(17-16)11-7-9(2)5-6-12(11)15/h5-8,14,17H,4,16H2,1-3H3. The summed E-state index contributed by atoms with van der Waals surface area (Å²) in [6.45, 7) is 3.96. The highest BCUT2D eigenvalue weighted by atomic mass is 19.1. The summed E-state index contributed by atoms with van der Waals surface area (Å²) in [5, 5.41) is 4.37. The van der Waals surface area contributed by atoms with Crippen LogP contribution in [0.5, 0.6) is 0 Å². The molecule has 0 bridgehead atoms. The van der Waals surface area contributed by atoms with E-state index in [1.807, 2.05) is 27.0 Å². The molecule has 1 aromatic heterocycles. The number of nitrogens with zero attached hydrogens (tertiary/aromatic N) is 2. The minimum atomic E-state index is -0.405. The fourth-order valence-electron chi connectivity index (χ4n) is 2.21. The minimum Gasteiger partial charge on any atom is -0.271 e. The summed E-state index contributed by atoms with van der Waals surface area (Å²) in [5.41, 5.74) is 6.02. The van der Waals surface area contributed by atoms with E-state index in [9.17, 15) is 4.39 Å². The molecule has 0 saturated carbocycles. The maximum absolute atomic E-state index is 14.0. The topological polar surface area (TPSA) is 55.9 Å². The Morgan fingerprint density at radius 3 is 2.74 bits per heavy atom. The van der Waals surface area contributed by atoms with Crippen molar-refractivity contribution >= 4 is 0 Å². The van der Waals surface area contributed by atoms with Crippen LogP contribution in [-0.4, -0.2) is 9.78 Å². The Morgan fingerprint density at radius 1 is 1.42 bits per heavy atom. The summed E-state index contributed by atoms with van der Waals surface area (Å²) >= 11 is 0. The Hall–Kier alpha value is -1.72. The van der Waals surface area contributed by atoms with Gasteiger partial charge in [0, 0.05) is 12.6 Å². The van der Waals surface area contributed by atoms with Crippen molar-refractivity contribution in [2.24, 2.45) is 12.9 Å². The predicted octanol–water partition coefficient (Wildman–Crippen LogP) is 1.98. The number of hydrogen-bond donors (Lipinski definition) is 2. The van der Waals surface area contributed by atoms with Gasteiger partial charge in [-0.1, -0.05) is 24.6 Å². The van der Waals surface area contributed by atoms with Gasteiger partial charge in [0.25, 0.3) is 0 Å². The predicted molar refractivity (Wildman–Crippen MR) is 72.9 cm³/mol. The first-order chi connectivity index (χ1) is 9.06. The van der Waals surface area contributed by atoms with Crippen molar-refractivity contribution in [2.45, 2.75) is 26.3 Å². The first kappa shape index (κ1) is 13.7. The van der Waals surface area contributed by atoms with Crippen LogP contribution in [0, 0.1) is 12.7 Å². The highest BCUT2D eigenvalue weighted by Gasteiger charge is 2.20. The van der Waals surface area contributed by atoms with Crippen molar-refractivity contribution < 1.29 is 4.39 Å². The van der Waals surface area contributed by atoms with E-state index in [1.54, 1.807) is 16.8 Å². The fraction of sp³-hybridized carbons (Fsp3) is 0.357. The average molecular weight is 262 g/mol. The highest BCUT2D eigenvalue weighted by molar-refractivity contribution is 5.33. The van der Waals surface area contributed by atoms with Gasteiger partial charge < -0.3 is 0 Å². The molecule has 0 saturated heterocycles. The molecule has 0 aliphatic heterocycles. The van der Waals surface area contributed by atoms with Crippen LogP contribution in [-0.2, 0) is 13.5 Å². The molecule has 4 nitrogen and oxygen atoms in total. The van der Waals surface area contributed by atoms with E-state index in [2.05, 4.69) is 10.5 Å². The van der Waals surface area contributed by atoms with E-state index in [0.29, 0.717) is 5.56 Å². The molecule has 0 aliphatic carbocycles. The molecular weight excluding hydrogens is 243 g/mol. The lowest BCUT2D eigenvalue weighted by molar-refractivity contribution is 0.532. The molecule has 1 aromatic carbocycles. The van der Waals surface area contributed by atoms with Crippen molar-refractivity contribution in [2.75, 3.05) is 0 Å². The van der Waals surface area contributed by atoms with Crippen LogP contribution >= 0.6 is 0 Å². The van der Waals surface area contributed by atoms with Crippen LogP contribution < -0.4 is 11.3 Å². The number of nitrogens with two attached hydrogens (primary N) is 1. The van der Waals surface area contributed by atoms with Gasteiger partial charge in [-0.05, 0) is 25.5 Å². The van der Waals surface area contributed by atoms with Crippen LogP contribution in [0.1, 0.15) is 35.5 Å². The number of halogens is 1. The Bertz CT molecular complexity index is 577. The van der Waals surface area contributed by atoms with Gasteiger partial charge in [-0.25, -0.2) is 9.82 Å². The first-order valence-corrected chi connectivity index (χ1v) is 6.31. The largest absolute Gasteiger partial charge is 0.271 e. The molecule has 2 rings (SSSR count). The van der Waals surface area contributed by atoms with Crippen LogP contribution in [0.25, 0.3) is 0 Å². The van der Waals surface area contributed by atoms with E-state index in [1.165, 1.54) is 6.07 Å². The number of aryl methyl sites for hydroxylation is 3. The van der Waals surface area contributed by atoms with Gasteiger partial charge in [0.1, 0.15) is 5.82 Å². The van der Waals surface area contributed by atoms with E-state index in [0.717, 1.165) is 23.4 Å². The van der Waals surface area contributed by atoms with Gasteiger partial charge in [0.05, 0.1) is 17.4 Å². The monoisotopic (exact) mass is 262 g/mol. The lowest BCUT2D eigenvalue weighted by Crippen LogP contribution is -2.31. The summed E-state index contributed by atoms with van der Waals surface area (Å²) in [5.74, 6) is 5.35. The second-order valence-electron chi connectivity index (χ2n) is 4.66. The molecule has 0 spiro atoms. The summed E-state index contributed by atoms with van der Waals surface area (Å²) in [4.78, 5) is 0. The molecule has 19 heavy (non-hydrogen) atoms. The van der Waals surface area contributed by atoms with Crippen LogP contribution in [0.3, 0.4) is 0 Å². The zero-order valence-corrected chi connectivity index (χ0v) is 11.4. The number of rotatable bonds is 4. The Balaban J connectivity index is 2.49. The molecule has 0 amide bonds. The van der Waals surface area contributed by atoms with Crippen LogP contribution in [0.2, 0.25) is 0 Å². The molecule has 0 aliphatic rings. The smallest absolute Gasteiger partial charge is 0.128 e. The van der Waals surface area contributed by atoms with Gasteiger partial charge in [-0.3, -0.25) is 10.5 Å². The van der Waals surface area contributed by atoms with Crippen molar-refractivity contribution in [3.8, 4) is 0 Å². The molecule has 102 valence electrons. The summed E-state index contributed by atoms with van der Waals surface area (Å²) in [6.07, 6.45) is 0.835. The second-order valence-corrected chi connectivity index (χ2v) is 4.66. The number of nitrogens with one attached hydrogen (secondary N) is 1. The third kappa shape index (κ3) is 2.67. The SMILES string of the molecule is CCc1cc(C(NN)c2cc(C)ccc2F)n(C)n1. The molecule has 0 fully saturated rings. The zero-order valence-electron chi connectivity index (χ0n) is 11.4. The van der Waals surface area contributed by atoms with Crippen LogP contribution in [0.4, 0.5) is 4.39 Å². The van der Waals surface area contributed by atoms with Gasteiger partial charge in [-0.2, -0.15) is 5.10 Å². The summed E-state index contributed by atoms with van der Waals surface area (Å²) < 4.78 is 15.7. The van der Waals surface area contributed by atoms with Gasteiger partial charge >= 0.3 is 0 Å². The molecule has 2 aromatic rings. The van der Waals surface area contributed by atoms with Crippen molar-refractivity contribution in [3.63, 3.8) is 0 Å².